The van der Waals surface area contributed by atoms with Crippen LogP contribution in [0.2, 0.25) is 0 Å². The molecule has 1 aromatic heterocycles. The highest BCUT2D eigenvalue weighted by atomic mass is 32.1. The number of allylic oxidation sites excluding steroid dienone is 1. The largest absolute Gasteiger partial charge is 0.468 e. The van der Waals surface area contributed by atoms with Crippen molar-refractivity contribution < 1.29 is 19.1 Å². The molecule has 7 heteroatoms. The van der Waals surface area contributed by atoms with Crippen LogP contribution in [0.25, 0.3) is 21.0 Å². The highest BCUT2D eigenvalue weighted by Crippen LogP contribution is 2.42. The quantitative estimate of drug-likeness (QED) is 0.451. The van der Waals surface area contributed by atoms with E-state index in [9.17, 15) is 9.59 Å². The third kappa shape index (κ3) is 4.31. The Morgan fingerprint density at radius 2 is 1.62 bits per heavy atom. The van der Waals surface area contributed by atoms with Crippen molar-refractivity contribution in [1.82, 2.24) is 4.98 Å². The Hall–Kier alpha value is -3.58. The van der Waals surface area contributed by atoms with E-state index in [1.807, 2.05) is 49.4 Å². The molecule has 0 spiro atoms. The second-order valence-electron chi connectivity index (χ2n) is 8.15. The fourth-order valence-corrected chi connectivity index (χ4v) is 5.51. The summed E-state index contributed by atoms with van der Waals surface area (Å²) < 4.78 is 10.2. The fraction of sp³-hybridized carbons (Fsp3) is 0.259. The van der Waals surface area contributed by atoms with Crippen LogP contribution in [0.5, 0.6) is 0 Å². The molecule has 1 aliphatic rings. The molecule has 34 heavy (non-hydrogen) atoms. The number of hydrogen-bond acceptors (Lipinski definition) is 7. The van der Waals surface area contributed by atoms with Gasteiger partial charge in [0.05, 0.1) is 30.4 Å². The van der Waals surface area contributed by atoms with Gasteiger partial charge in [-0.05, 0) is 38.0 Å². The van der Waals surface area contributed by atoms with Gasteiger partial charge in [-0.25, -0.2) is 9.78 Å². The summed E-state index contributed by atoms with van der Waals surface area (Å²) in [7, 11) is 2.67. The van der Waals surface area contributed by atoms with E-state index in [4.69, 9.17) is 14.5 Å². The van der Waals surface area contributed by atoms with Crippen LogP contribution in [-0.2, 0) is 19.1 Å². The van der Waals surface area contributed by atoms with Crippen LogP contribution in [-0.4, -0.2) is 36.9 Å². The maximum atomic E-state index is 12.8. The number of carbonyl (C=O) groups excluding carboxylic acids is 2. The van der Waals surface area contributed by atoms with Gasteiger partial charge in [0.2, 0.25) is 0 Å². The molecule has 6 nitrogen and oxygen atoms in total. The molecule has 0 radical (unpaired) electrons. The third-order valence-corrected chi connectivity index (χ3v) is 7.27. The average molecular weight is 475 g/mol. The zero-order valence-electron chi connectivity index (χ0n) is 19.8. The molecule has 0 saturated carbocycles. The molecule has 0 aliphatic carbocycles. The van der Waals surface area contributed by atoms with Gasteiger partial charge < -0.3 is 9.47 Å². The molecule has 2 aromatic carbocycles. The molecule has 2 heterocycles. The maximum absolute atomic E-state index is 12.8. The monoisotopic (exact) mass is 474 g/mol. The summed E-state index contributed by atoms with van der Waals surface area (Å²) in [6, 6.07) is 18.0. The van der Waals surface area contributed by atoms with Gasteiger partial charge in [0.15, 0.2) is 0 Å². The second kappa shape index (κ2) is 9.73. The van der Waals surface area contributed by atoms with E-state index in [1.165, 1.54) is 14.2 Å². The van der Waals surface area contributed by atoms with Crippen molar-refractivity contribution in [3.63, 3.8) is 0 Å². The zero-order chi connectivity index (χ0) is 24.4. The first kappa shape index (κ1) is 23.6. The Bertz CT molecular complexity index is 1310. The van der Waals surface area contributed by atoms with Gasteiger partial charge in [0.25, 0.3) is 0 Å². The molecule has 0 fully saturated rings. The number of thiazole rings is 1. The van der Waals surface area contributed by atoms with Crippen LogP contribution in [0.4, 0.5) is 0 Å². The minimum atomic E-state index is -0.726. The maximum Gasteiger partial charge on any atom is 0.336 e. The van der Waals surface area contributed by atoms with Crippen LogP contribution >= 0.6 is 11.3 Å². The van der Waals surface area contributed by atoms with Crippen molar-refractivity contribution in [3.8, 4) is 21.0 Å². The first-order valence-corrected chi connectivity index (χ1v) is 11.7. The zero-order valence-corrected chi connectivity index (χ0v) is 20.6. The van der Waals surface area contributed by atoms with Crippen LogP contribution in [0.1, 0.15) is 31.0 Å². The number of aryl methyl sites for hydroxylation is 1. The average Bonchev–Trinajstić information content (AvgIpc) is 3.25. The number of carbonyl (C=O) groups is 2. The molecule has 1 aliphatic heterocycles. The molecule has 2 unspecified atom stereocenters. The number of aromatic nitrogens is 1. The van der Waals surface area contributed by atoms with Crippen molar-refractivity contribution >= 4 is 29.0 Å². The number of hydrogen-bond donors (Lipinski definition) is 0. The van der Waals surface area contributed by atoms with Gasteiger partial charge >= 0.3 is 11.9 Å². The normalized spacial score (nSPS) is 17.9. The van der Waals surface area contributed by atoms with E-state index < -0.39 is 23.8 Å². The van der Waals surface area contributed by atoms with E-state index in [0.717, 1.165) is 32.3 Å². The molecule has 0 amide bonds. The SMILES string of the molecule is COC(=O)C1=C(C)N=C(C)C(C(=O)OC)C1c1cccc(-c2nc(C)c(-c3ccccc3)s2)c1. The Kier molecular flexibility index (Phi) is 6.75. The molecule has 0 bridgehead atoms. The van der Waals surface area contributed by atoms with Crippen molar-refractivity contribution in [3.05, 3.63) is 77.1 Å². The number of esters is 2. The highest BCUT2D eigenvalue weighted by molar-refractivity contribution is 7.18. The molecular formula is C27H26N2O4S. The molecular weight excluding hydrogens is 448 g/mol. The highest BCUT2D eigenvalue weighted by Gasteiger charge is 2.42. The fourth-order valence-electron chi connectivity index (χ4n) is 4.45. The number of benzene rings is 2. The molecule has 3 aromatic rings. The summed E-state index contributed by atoms with van der Waals surface area (Å²) in [5.74, 6) is -2.25. The number of methoxy groups -OCH3 is 2. The van der Waals surface area contributed by atoms with Crippen molar-refractivity contribution in [2.75, 3.05) is 14.2 Å². The Labute approximate surface area is 203 Å². The van der Waals surface area contributed by atoms with E-state index in [0.29, 0.717) is 17.0 Å². The standard InChI is InChI=1S/C27H26N2O4S/c1-15-21(26(30)32-4)23(22(16(2)28-15)27(31)33-5)19-12-9-13-20(14-19)25-29-17(3)24(34-25)18-10-7-6-8-11-18/h6-14,21,23H,1-5H3. The van der Waals surface area contributed by atoms with Crippen LogP contribution in [0.3, 0.4) is 0 Å². The smallest absolute Gasteiger partial charge is 0.336 e. The predicted molar refractivity (Wildman–Crippen MR) is 134 cm³/mol. The molecule has 2 atom stereocenters. The molecule has 4 rings (SSSR count). The minimum Gasteiger partial charge on any atom is -0.468 e. The van der Waals surface area contributed by atoms with Gasteiger partial charge in [-0.1, -0.05) is 48.5 Å². The minimum absolute atomic E-state index is 0.362. The summed E-state index contributed by atoms with van der Waals surface area (Å²) in [6.07, 6.45) is 0. The van der Waals surface area contributed by atoms with E-state index in [-0.39, 0.29) is 0 Å². The van der Waals surface area contributed by atoms with Crippen molar-refractivity contribution in [2.45, 2.75) is 26.7 Å². The lowest BCUT2D eigenvalue weighted by Gasteiger charge is -2.31. The Morgan fingerprint density at radius 3 is 2.29 bits per heavy atom. The van der Waals surface area contributed by atoms with Gasteiger partial charge in [0.1, 0.15) is 10.9 Å². The van der Waals surface area contributed by atoms with E-state index >= 15 is 0 Å². The van der Waals surface area contributed by atoms with E-state index in [2.05, 4.69) is 17.1 Å². The Morgan fingerprint density at radius 1 is 0.912 bits per heavy atom. The third-order valence-electron chi connectivity index (χ3n) is 6.01. The molecule has 174 valence electrons. The first-order valence-electron chi connectivity index (χ1n) is 10.9. The summed E-state index contributed by atoms with van der Waals surface area (Å²) in [5, 5.41) is 0.870. The lowest BCUT2D eigenvalue weighted by molar-refractivity contribution is -0.143. The van der Waals surface area contributed by atoms with Crippen LogP contribution in [0, 0.1) is 12.8 Å². The number of ether oxygens (including phenoxy) is 2. The van der Waals surface area contributed by atoms with Gasteiger partial charge in [0, 0.05) is 22.9 Å². The topological polar surface area (TPSA) is 77.8 Å². The second-order valence-corrected chi connectivity index (χ2v) is 9.15. The van der Waals surface area contributed by atoms with Crippen LogP contribution < -0.4 is 0 Å². The summed E-state index contributed by atoms with van der Waals surface area (Å²) in [4.78, 5) is 36.0. The van der Waals surface area contributed by atoms with Crippen LogP contribution in [0.15, 0.2) is 70.9 Å². The summed E-state index contributed by atoms with van der Waals surface area (Å²) in [5.41, 5.74) is 5.29. The first-order chi connectivity index (χ1) is 16.3. The number of nitrogens with zero attached hydrogens (tertiary/aromatic N) is 2. The van der Waals surface area contributed by atoms with Crippen molar-refractivity contribution in [1.29, 1.82) is 0 Å². The van der Waals surface area contributed by atoms with Gasteiger partial charge in [-0.3, -0.25) is 9.79 Å². The van der Waals surface area contributed by atoms with Gasteiger partial charge in [-0.2, -0.15) is 0 Å². The predicted octanol–water partition coefficient (Wildman–Crippen LogP) is 5.58. The Balaban J connectivity index is 1.82. The van der Waals surface area contributed by atoms with E-state index in [1.54, 1.807) is 25.2 Å². The van der Waals surface area contributed by atoms with Crippen molar-refractivity contribution in [2.24, 2.45) is 10.9 Å². The van der Waals surface area contributed by atoms with Gasteiger partial charge in [-0.15, -0.1) is 11.3 Å². The number of rotatable bonds is 5. The molecule has 0 N–H and O–H groups in total. The lowest BCUT2D eigenvalue weighted by atomic mass is 9.75. The summed E-state index contributed by atoms with van der Waals surface area (Å²) >= 11 is 1.62. The lowest BCUT2D eigenvalue weighted by Crippen LogP contribution is -2.36. The number of aliphatic imine (C=N–C) groups is 1. The summed E-state index contributed by atoms with van der Waals surface area (Å²) in [6.45, 7) is 5.55. The molecule has 0 saturated heterocycles.